The lowest BCUT2D eigenvalue weighted by atomic mass is 10.1. The molecule has 0 aliphatic heterocycles. The summed E-state index contributed by atoms with van der Waals surface area (Å²) in [5.74, 6) is 0.386. The lowest BCUT2D eigenvalue weighted by molar-refractivity contribution is 0.102. The number of aryl methyl sites for hydroxylation is 1. The van der Waals surface area contributed by atoms with Crippen LogP contribution in [0.1, 0.15) is 28.4 Å². The fourth-order valence-corrected chi connectivity index (χ4v) is 2.43. The maximum Gasteiger partial charge on any atom is 0.258 e. The summed E-state index contributed by atoms with van der Waals surface area (Å²) in [4.78, 5) is 16.2. The Balaban J connectivity index is 1.72. The zero-order valence-electron chi connectivity index (χ0n) is 13.2. The van der Waals surface area contributed by atoms with Gasteiger partial charge in [0.15, 0.2) is 0 Å². The molecule has 1 aromatic carbocycles. The standard InChI is InChI=1S/C18H17ClN4O/c1-2-13-3-5-14(6-4-13)12-23-17(9-10-21-23)22-18(24)15-7-8-16(19)20-11-15/h3-11H,2,12H2,1H3,(H,22,24). The van der Waals surface area contributed by atoms with Crippen LogP contribution in [0.15, 0.2) is 54.9 Å². The normalized spacial score (nSPS) is 10.6. The molecule has 0 saturated carbocycles. The van der Waals surface area contributed by atoms with Crippen LogP contribution < -0.4 is 5.32 Å². The molecule has 0 bridgehead atoms. The number of carbonyl (C=O) groups is 1. The van der Waals surface area contributed by atoms with Gasteiger partial charge in [0, 0.05) is 12.3 Å². The molecule has 5 nitrogen and oxygen atoms in total. The minimum absolute atomic E-state index is 0.248. The third-order valence-electron chi connectivity index (χ3n) is 3.71. The van der Waals surface area contributed by atoms with Gasteiger partial charge in [0.2, 0.25) is 0 Å². The molecule has 0 fully saturated rings. The highest BCUT2D eigenvalue weighted by molar-refractivity contribution is 6.29. The van der Waals surface area contributed by atoms with E-state index in [1.54, 1.807) is 29.1 Å². The molecule has 0 saturated heterocycles. The number of hydrogen-bond acceptors (Lipinski definition) is 3. The number of nitrogens with one attached hydrogen (secondary N) is 1. The van der Waals surface area contributed by atoms with Gasteiger partial charge in [-0.1, -0.05) is 42.8 Å². The van der Waals surface area contributed by atoms with E-state index in [-0.39, 0.29) is 5.91 Å². The van der Waals surface area contributed by atoms with Crippen molar-refractivity contribution >= 4 is 23.3 Å². The van der Waals surface area contributed by atoms with Crippen molar-refractivity contribution in [1.82, 2.24) is 14.8 Å². The Morgan fingerprint density at radius 1 is 1.12 bits per heavy atom. The van der Waals surface area contributed by atoms with Crippen molar-refractivity contribution in [3.63, 3.8) is 0 Å². The van der Waals surface area contributed by atoms with E-state index in [0.717, 1.165) is 12.0 Å². The highest BCUT2D eigenvalue weighted by atomic mass is 35.5. The minimum Gasteiger partial charge on any atom is -0.307 e. The quantitative estimate of drug-likeness (QED) is 0.719. The van der Waals surface area contributed by atoms with E-state index in [1.807, 2.05) is 0 Å². The van der Waals surface area contributed by atoms with Gasteiger partial charge in [-0.15, -0.1) is 0 Å². The van der Waals surface area contributed by atoms with Crippen LogP contribution in [0, 0.1) is 0 Å². The molecule has 3 rings (SSSR count). The number of amides is 1. The van der Waals surface area contributed by atoms with E-state index in [9.17, 15) is 4.79 Å². The average molecular weight is 341 g/mol. The Labute approximate surface area is 145 Å². The monoisotopic (exact) mass is 340 g/mol. The van der Waals surface area contributed by atoms with E-state index in [0.29, 0.717) is 23.1 Å². The molecule has 0 radical (unpaired) electrons. The molecule has 24 heavy (non-hydrogen) atoms. The van der Waals surface area contributed by atoms with Gasteiger partial charge < -0.3 is 5.32 Å². The third kappa shape index (κ3) is 3.81. The largest absolute Gasteiger partial charge is 0.307 e. The van der Waals surface area contributed by atoms with E-state index >= 15 is 0 Å². The molecule has 1 amide bonds. The minimum atomic E-state index is -0.248. The second-order valence-corrected chi connectivity index (χ2v) is 5.76. The van der Waals surface area contributed by atoms with Crippen LogP contribution in [0.25, 0.3) is 0 Å². The second-order valence-electron chi connectivity index (χ2n) is 5.37. The van der Waals surface area contributed by atoms with E-state index < -0.39 is 0 Å². The zero-order valence-corrected chi connectivity index (χ0v) is 14.0. The van der Waals surface area contributed by atoms with E-state index in [4.69, 9.17) is 11.6 Å². The predicted octanol–water partition coefficient (Wildman–Crippen LogP) is 3.79. The van der Waals surface area contributed by atoms with Gasteiger partial charge in [0.25, 0.3) is 5.91 Å². The van der Waals surface area contributed by atoms with Crippen molar-refractivity contribution in [1.29, 1.82) is 0 Å². The van der Waals surface area contributed by atoms with Crippen molar-refractivity contribution in [3.8, 4) is 0 Å². The molecule has 122 valence electrons. The molecular formula is C18H17ClN4O. The zero-order chi connectivity index (χ0) is 16.9. The Morgan fingerprint density at radius 3 is 2.54 bits per heavy atom. The summed E-state index contributed by atoms with van der Waals surface area (Å²) >= 11 is 5.74. The molecule has 6 heteroatoms. The van der Waals surface area contributed by atoms with Crippen molar-refractivity contribution in [3.05, 3.63) is 76.7 Å². The number of pyridine rings is 1. The fourth-order valence-electron chi connectivity index (χ4n) is 2.32. The van der Waals surface area contributed by atoms with E-state index in [2.05, 4.69) is 46.6 Å². The summed E-state index contributed by atoms with van der Waals surface area (Å²) in [6.07, 6.45) is 4.12. The molecule has 2 aromatic heterocycles. The molecule has 3 aromatic rings. The van der Waals surface area contributed by atoms with E-state index in [1.165, 1.54) is 11.8 Å². The summed E-state index contributed by atoms with van der Waals surface area (Å²) in [6.45, 7) is 2.72. The number of nitrogens with zero attached hydrogens (tertiary/aromatic N) is 3. The summed E-state index contributed by atoms with van der Waals surface area (Å²) in [5, 5.41) is 7.48. The van der Waals surface area contributed by atoms with Gasteiger partial charge in [-0.25, -0.2) is 9.67 Å². The summed E-state index contributed by atoms with van der Waals surface area (Å²) in [5.41, 5.74) is 2.86. The lowest BCUT2D eigenvalue weighted by Crippen LogP contribution is -2.16. The van der Waals surface area contributed by atoms with Crippen LogP contribution in [0.3, 0.4) is 0 Å². The maximum absolute atomic E-state index is 12.3. The first-order valence-corrected chi connectivity index (χ1v) is 8.06. The topological polar surface area (TPSA) is 59.8 Å². The van der Waals surface area contributed by atoms with Crippen LogP contribution in [0.4, 0.5) is 5.82 Å². The molecule has 0 aliphatic carbocycles. The van der Waals surface area contributed by atoms with Crippen LogP contribution in [0.2, 0.25) is 5.15 Å². The van der Waals surface area contributed by atoms with Gasteiger partial charge in [0.05, 0.1) is 18.3 Å². The first kappa shape index (κ1) is 16.2. The highest BCUT2D eigenvalue weighted by Gasteiger charge is 2.10. The molecule has 0 aliphatic rings. The number of hydrogen-bond donors (Lipinski definition) is 1. The van der Waals surface area contributed by atoms with Crippen molar-refractivity contribution in [2.75, 3.05) is 5.32 Å². The molecule has 2 heterocycles. The summed E-state index contributed by atoms with van der Waals surface area (Å²) in [6, 6.07) is 13.4. The van der Waals surface area contributed by atoms with Gasteiger partial charge in [-0.05, 0) is 29.7 Å². The number of carbonyl (C=O) groups excluding carboxylic acids is 1. The smallest absolute Gasteiger partial charge is 0.258 e. The predicted molar refractivity (Wildman–Crippen MR) is 94.3 cm³/mol. The Hall–Kier alpha value is -2.66. The first-order valence-electron chi connectivity index (χ1n) is 7.68. The van der Waals surface area contributed by atoms with Gasteiger partial charge in [-0.3, -0.25) is 4.79 Å². The number of anilines is 1. The van der Waals surface area contributed by atoms with Crippen LogP contribution >= 0.6 is 11.6 Å². The fraction of sp³-hybridized carbons (Fsp3) is 0.167. The molecule has 0 atom stereocenters. The van der Waals surface area contributed by atoms with Crippen molar-refractivity contribution < 1.29 is 4.79 Å². The SMILES string of the molecule is CCc1ccc(Cn2nccc2NC(=O)c2ccc(Cl)nc2)cc1. The van der Waals surface area contributed by atoms with Crippen LogP contribution in [-0.2, 0) is 13.0 Å². The van der Waals surface area contributed by atoms with Gasteiger partial charge >= 0.3 is 0 Å². The number of rotatable bonds is 5. The molecule has 0 spiro atoms. The van der Waals surface area contributed by atoms with Gasteiger partial charge in [-0.2, -0.15) is 5.10 Å². The Kier molecular flexibility index (Phi) is 4.91. The number of halogens is 1. The summed E-state index contributed by atoms with van der Waals surface area (Å²) in [7, 11) is 0. The lowest BCUT2D eigenvalue weighted by Gasteiger charge is -2.09. The maximum atomic E-state index is 12.3. The van der Waals surface area contributed by atoms with Crippen LogP contribution in [0.5, 0.6) is 0 Å². The van der Waals surface area contributed by atoms with Crippen molar-refractivity contribution in [2.24, 2.45) is 0 Å². The number of benzene rings is 1. The highest BCUT2D eigenvalue weighted by Crippen LogP contribution is 2.13. The Morgan fingerprint density at radius 2 is 1.88 bits per heavy atom. The second kappa shape index (κ2) is 7.27. The third-order valence-corrected chi connectivity index (χ3v) is 3.93. The molecule has 0 unspecified atom stereocenters. The Bertz CT molecular complexity index is 825. The van der Waals surface area contributed by atoms with Gasteiger partial charge in [0.1, 0.15) is 11.0 Å². The van der Waals surface area contributed by atoms with Crippen LogP contribution in [-0.4, -0.2) is 20.7 Å². The average Bonchev–Trinajstić information content (AvgIpc) is 3.03. The molecule has 1 N–H and O–H groups in total. The summed E-state index contributed by atoms with van der Waals surface area (Å²) < 4.78 is 1.75. The molecular weight excluding hydrogens is 324 g/mol. The number of aromatic nitrogens is 3. The first-order chi connectivity index (χ1) is 11.7. The van der Waals surface area contributed by atoms with Crippen molar-refractivity contribution in [2.45, 2.75) is 19.9 Å².